The van der Waals surface area contributed by atoms with Crippen molar-refractivity contribution in [3.05, 3.63) is 45.4 Å². The van der Waals surface area contributed by atoms with Gasteiger partial charge in [0.25, 0.3) is 5.91 Å². The monoisotopic (exact) mass is 355 g/mol. The first-order valence-electron chi connectivity index (χ1n) is 8.87. The number of aryl methyl sites for hydroxylation is 2. The third-order valence-electron chi connectivity index (χ3n) is 4.80. The molecule has 130 valence electrons. The number of thiazole rings is 1. The molecule has 4 rings (SSSR count). The Morgan fingerprint density at radius 3 is 2.64 bits per heavy atom. The van der Waals surface area contributed by atoms with E-state index in [1.807, 2.05) is 12.1 Å². The van der Waals surface area contributed by atoms with Crippen LogP contribution in [0.1, 0.15) is 51.6 Å². The van der Waals surface area contributed by atoms with Gasteiger partial charge in [0, 0.05) is 29.1 Å². The summed E-state index contributed by atoms with van der Waals surface area (Å²) in [6.45, 7) is 1.24. The summed E-state index contributed by atoms with van der Waals surface area (Å²) < 4.78 is 0. The fourth-order valence-corrected chi connectivity index (χ4v) is 4.55. The van der Waals surface area contributed by atoms with Gasteiger partial charge in [-0.15, -0.1) is 11.3 Å². The Labute approximate surface area is 151 Å². The molecule has 0 radical (unpaired) electrons. The number of anilines is 1. The van der Waals surface area contributed by atoms with E-state index < -0.39 is 0 Å². The van der Waals surface area contributed by atoms with Crippen molar-refractivity contribution in [2.75, 3.05) is 11.4 Å². The van der Waals surface area contributed by atoms with Gasteiger partial charge in [0.15, 0.2) is 0 Å². The predicted molar refractivity (Wildman–Crippen MR) is 98.0 cm³/mol. The molecule has 0 atom stereocenters. The van der Waals surface area contributed by atoms with Crippen molar-refractivity contribution in [3.63, 3.8) is 0 Å². The molecule has 2 heterocycles. The molecule has 1 aliphatic heterocycles. The molecule has 1 N–H and O–H groups in total. The fourth-order valence-electron chi connectivity index (χ4n) is 3.45. The van der Waals surface area contributed by atoms with E-state index in [-0.39, 0.29) is 11.8 Å². The van der Waals surface area contributed by atoms with Crippen molar-refractivity contribution in [2.45, 2.75) is 45.1 Å². The lowest BCUT2D eigenvalue weighted by Gasteiger charge is -2.15. The number of aromatic nitrogens is 1. The normalized spacial score (nSPS) is 16.8. The number of benzene rings is 1. The molecule has 6 heteroatoms. The van der Waals surface area contributed by atoms with Gasteiger partial charge in [0.05, 0.1) is 12.2 Å². The molecule has 5 nitrogen and oxygen atoms in total. The summed E-state index contributed by atoms with van der Waals surface area (Å²) in [6, 6.07) is 7.26. The number of nitrogens with zero attached hydrogens (tertiary/aromatic N) is 2. The first-order chi connectivity index (χ1) is 12.2. The Hall–Kier alpha value is -2.21. The van der Waals surface area contributed by atoms with Gasteiger partial charge >= 0.3 is 0 Å². The summed E-state index contributed by atoms with van der Waals surface area (Å²) in [6.07, 6.45) is 6.16. The predicted octanol–water partition coefficient (Wildman–Crippen LogP) is 3.08. The molecular formula is C19H21N3O2S. The average molecular weight is 355 g/mol. The van der Waals surface area contributed by atoms with Crippen molar-refractivity contribution >= 4 is 28.8 Å². The van der Waals surface area contributed by atoms with Crippen molar-refractivity contribution in [3.8, 4) is 0 Å². The third kappa shape index (κ3) is 3.44. The minimum absolute atomic E-state index is 0.104. The summed E-state index contributed by atoms with van der Waals surface area (Å²) in [5, 5.41) is 3.94. The maximum atomic E-state index is 12.3. The van der Waals surface area contributed by atoms with E-state index in [0.717, 1.165) is 36.5 Å². The number of carbonyl (C=O) groups excluding carboxylic acids is 2. The summed E-state index contributed by atoms with van der Waals surface area (Å²) in [7, 11) is 0. The first kappa shape index (κ1) is 16.3. The van der Waals surface area contributed by atoms with Crippen LogP contribution in [0.25, 0.3) is 0 Å². The molecule has 1 aliphatic carbocycles. The number of hydrogen-bond donors (Lipinski definition) is 1. The van der Waals surface area contributed by atoms with Crippen LogP contribution in [0, 0.1) is 0 Å². The number of nitrogens with one attached hydrogen (secondary N) is 1. The van der Waals surface area contributed by atoms with Crippen molar-refractivity contribution < 1.29 is 9.59 Å². The summed E-state index contributed by atoms with van der Waals surface area (Å²) in [5.74, 6) is 0.0532. The maximum absolute atomic E-state index is 12.3. The van der Waals surface area contributed by atoms with E-state index in [9.17, 15) is 9.59 Å². The Kier molecular flexibility index (Phi) is 4.53. The molecule has 1 aromatic carbocycles. The summed E-state index contributed by atoms with van der Waals surface area (Å²) in [4.78, 5) is 31.9. The number of rotatable bonds is 4. The Morgan fingerprint density at radius 2 is 1.92 bits per heavy atom. The second-order valence-corrected chi connectivity index (χ2v) is 7.73. The lowest BCUT2D eigenvalue weighted by Crippen LogP contribution is -2.24. The van der Waals surface area contributed by atoms with Crippen molar-refractivity contribution in [1.29, 1.82) is 0 Å². The van der Waals surface area contributed by atoms with E-state index in [2.05, 4.69) is 10.3 Å². The largest absolute Gasteiger partial charge is 0.346 e. The zero-order chi connectivity index (χ0) is 17.2. The van der Waals surface area contributed by atoms with Crippen LogP contribution in [0.5, 0.6) is 0 Å². The Bertz CT molecular complexity index is 774. The Balaban J connectivity index is 1.37. The van der Waals surface area contributed by atoms with Crippen molar-refractivity contribution in [2.24, 2.45) is 0 Å². The minimum atomic E-state index is -0.104. The summed E-state index contributed by atoms with van der Waals surface area (Å²) in [5.41, 5.74) is 2.70. The fraction of sp³-hybridized carbons (Fsp3) is 0.421. The van der Waals surface area contributed by atoms with Gasteiger partial charge < -0.3 is 10.2 Å². The molecule has 0 spiro atoms. The molecule has 25 heavy (non-hydrogen) atoms. The lowest BCUT2D eigenvalue weighted by molar-refractivity contribution is -0.117. The van der Waals surface area contributed by atoms with E-state index in [1.54, 1.807) is 28.4 Å². The molecule has 0 unspecified atom stereocenters. The number of hydrogen-bond acceptors (Lipinski definition) is 4. The molecular weight excluding hydrogens is 334 g/mol. The zero-order valence-corrected chi connectivity index (χ0v) is 14.9. The third-order valence-corrected chi connectivity index (χ3v) is 5.96. The molecule has 0 bridgehead atoms. The molecule has 1 fully saturated rings. The van der Waals surface area contributed by atoms with E-state index in [4.69, 9.17) is 0 Å². The molecule has 1 saturated heterocycles. The molecule has 2 aromatic rings. The highest BCUT2D eigenvalue weighted by atomic mass is 32.1. The van der Waals surface area contributed by atoms with Crippen LogP contribution in [-0.2, 0) is 24.2 Å². The van der Waals surface area contributed by atoms with Crippen LogP contribution >= 0.6 is 11.3 Å². The maximum Gasteiger partial charge on any atom is 0.251 e. The van der Waals surface area contributed by atoms with Gasteiger partial charge in [-0.2, -0.15) is 0 Å². The minimum Gasteiger partial charge on any atom is -0.346 e. The van der Waals surface area contributed by atoms with Crippen LogP contribution in [-0.4, -0.2) is 23.3 Å². The highest BCUT2D eigenvalue weighted by Gasteiger charge is 2.21. The Morgan fingerprint density at radius 1 is 1.12 bits per heavy atom. The molecule has 1 aromatic heterocycles. The second-order valence-electron chi connectivity index (χ2n) is 6.56. The lowest BCUT2D eigenvalue weighted by atomic mass is 10.0. The number of carbonyl (C=O) groups is 2. The molecule has 0 saturated carbocycles. The van der Waals surface area contributed by atoms with Crippen LogP contribution in [0.2, 0.25) is 0 Å². The van der Waals surface area contributed by atoms with E-state index in [1.165, 1.54) is 23.4 Å². The van der Waals surface area contributed by atoms with Crippen molar-refractivity contribution in [1.82, 2.24) is 10.3 Å². The SMILES string of the molecule is O=C(NCc1nc2c(s1)CCCC2)c1ccc(N2CCCC2=O)cc1. The summed E-state index contributed by atoms with van der Waals surface area (Å²) >= 11 is 1.72. The van der Waals surface area contributed by atoms with Gasteiger partial charge in [0.2, 0.25) is 5.91 Å². The van der Waals surface area contributed by atoms with Crippen LogP contribution in [0.4, 0.5) is 5.69 Å². The van der Waals surface area contributed by atoms with Gasteiger partial charge in [-0.3, -0.25) is 9.59 Å². The first-order valence-corrected chi connectivity index (χ1v) is 9.68. The quantitative estimate of drug-likeness (QED) is 0.917. The van der Waals surface area contributed by atoms with Crippen LogP contribution in [0.15, 0.2) is 24.3 Å². The molecule has 2 aliphatic rings. The number of amides is 2. The standard InChI is InChI=1S/C19H21N3O2S/c23-18-6-3-11-22(18)14-9-7-13(8-10-14)19(24)20-12-17-21-15-4-1-2-5-16(15)25-17/h7-10H,1-6,11-12H2,(H,20,24). The second kappa shape index (κ2) is 6.96. The zero-order valence-electron chi connectivity index (χ0n) is 14.1. The highest BCUT2D eigenvalue weighted by molar-refractivity contribution is 7.11. The van der Waals surface area contributed by atoms with Gasteiger partial charge in [0.1, 0.15) is 5.01 Å². The van der Waals surface area contributed by atoms with E-state index in [0.29, 0.717) is 18.5 Å². The van der Waals surface area contributed by atoms with Gasteiger partial charge in [-0.05, 0) is 56.4 Å². The average Bonchev–Trinajstić information content (AvgIpc) is 3.25. The van der Waals surface area contributed by atoms with Gasteiger partial charge in [-0.1, -0.05) is 0 Å². The van der Waals surface area contributed by atoms with Crippen LogP contribution < -0.4 is 10.2 Å². The van der Waals surface area contributed by atoms with Gasteiger partial charge in [-0.25, -0.2) is 4.98 Å². The topological polar surface area (TPSA) is 62.3 Å². The van der Waals surface area contributed by atoms with E-state index >= 15 is 0 Å². The van der Waals surface area contributed by atoms with Crippen LogP contribution in [0.3, 0.4) is 0 Å². The molecule has 2 amide bonds. The number of fused-ring (bicyclic) bond motifs is 1. The smallest absolute Gasteiger partial charge is 0.251 e. The highest BCUT2D eigenvalue weighted by Crippen LogP contribution is 2.26.